The monoisotopic (exact) mass is 330 g/mol. The molecule has 2 aromatic heterocycles. The first-order valence-corrected chi connectivity index (χ1v) is 8.73. The molecule has 2 fully saturated rings. The van der Waals surface area contributed by atoms with Crippen LogP contribution >= 0.6 is 11.3 Å². The Bertz CT molecular complexity index is 708. The summed E-state index contributed by atoms with van der Waals surface area (Å²) in [4.78, 5) is 23.3. The van der Waals surface area contributed by atoms with E-state index >= 15 is 0 Å². The van der Waals surface area contributed by atoms with Crippen molar-refractivity contribution in [3.63, 3.8) is 0 Å². The first-order chi connectivity index (χ1) is 11.3. The van der Waals surface area contributed by atoms with Gasteiger partial charge in [-0.25, -0.2) is 4.98 Å². The second-order valence-corrected chi connectivity index (χ2v) is 6.66. The molecule has 0 bridgehead atoms. The molecular formula is C16H18N4O2S. The smallest absolute Gasteiger partial charge is 0.276 e. The lowest BCUT2D eigenvalue weighted by Crippen LogP contribution is -2.36. The Morgan fingerprint density at radius 3 is 2.96 bits per heavy atom. The van der Waals surface area contributed by atoms with Crippen molar-refractivity contribution < 1.29 is 9.53 Å². The van der Waals surface area contributed by atoms with Crippen molar-refractivity contribution in [3.8, 4) is 0 Å². The fourth-order valence-corrected chi connectivity index (χ4v) is 3.42. The van der Waals surface area contributed by atoms with Crippen LogP contribution in [0.2, 0.25) is 0 Å². The fourth-order valence-electron chi connectivity index (χ4n) is 2.63. The van der Waals surface area contributed by atoms with Crippen LogP contribution in [0.4, 0.5) is 10.8 Å². The SMILES string of the molecule is O=C(Nc1nc(C2CC2)cs1)c1cc(N2CCOCC2)ccn1. The van der Waals surface area contributed by atoms with E-state index in [0.717, 1.165) is 24.5 Å². The number of hydrogen-bond acceptors (Lipinski definition) is 6. The lowest BCUT2D eigenvalue weighted by molar-refractivity contribution is 0.102. The van der Waals surface area contributed by atoms with Gasteiger partial charge in [-0.3, -0.25) is 15.1 Å². The van der Waals surface area contributed by atoms with E-state index in [2.05, 4.69) is 20.2 Å². The molecule has 0 atom stereocenters. The number of aromatic nitrogens is 2. The van der Waals surface area contributed by atoms with Gasteiger partial charge in [0.15, 0.2) is 5.13 Å². The average molecular weight is 330 g/mol. The predicted molar refractivity (Wildman–Crippen MR) is 89.3 cm³/mol. The number of nitrogens with one attached hydrogen (secondary N) is 1. The molecule has 0 aromatic carbocycles. The molecule has 1 aliphatic heterocycles. The molecule has 2 aromatic rings. The Morgan fingerprint density at radius 2 is 2.17 bits per heavy atom. The van der Waals surface area contributed by atoms with Gasteiger partial charge in [0, 0.05) is 36.3 Å². The van der Waals surface area contributed by atoms with E-state index in [1.165, 1.54) is 24.2 Å². The van der Waals surface area contributed by atoms with Crippen molar-refractivity contribution in [2.24, 2.45) is 0 Å². The number of carbonyl (C=O) groups excluding carboxylic acids is 1. The molecule has 120 valence electrons. The first kappa shape index (κ1) is 14.6. The number of thiazole rings is 1. The highest BCUT2D eigenvalue weighted by molar-refractivity contribution is 7.14. The van der Waals surface area contributed by atoms with E-state index in [-0.39, 0.29) is 5.91 Å². The molecule has 1 amide bonds. The molecule has 1 saturated carbocycles. The standard InChI is InChI=1S/C16H18N4O2S/c21-15(19-16-18-14(10-23-16)11-1-2-11)13-9-12(3-4-17-13)20-5-7-22-8-6-20/h3-4,9-11H,1-2,5-8H2,(H,18,19,21). The molecule has 1 saturated heterocycles. The van der Waals surface area contributed by atoms with Crippen molar-refractivity contribution >= 4 is 28.1 Å². The summed E-state index contributed by atoms with van der Waals surface area (Å²) in [6.07, 6.45) is 4.09. The minimum atomic E-state index is -0.211. The van der Waals surface area contributed by atoms with Gasteiger partial charge in [0.25, 0.3) is 5.91 Å². The van der Waals surface area contributed by atoms with Gasteiger partial charge in [0.2, 0.25) is 0 Å². The zero-order chi connectivity index (χ0) is 15.6. The van der Waals surface area contributed by atoms with Gasteiger partial charge in [0.1, 0.15) is 5.69 Å². The van der Waals surface area contributed by atoms with Gasteiger partial charge >= 0.3 is 0 Å². The number of anilines is 2. The van der Waals surface area contributed by atoms with Crippen molar-refractivity contribution in [3.05, 3.63) is 35.1 Å². The highest BCUT2D eigenvalue weighted by Gasteiger charge is 2.26. The van der Waals surface area contributed by atoms with Gasteiger partial charge in [0.05, 0.1) is 18.9 Å². The largest absolute Gasteiger partial charge is 0.378 e. The van der Waals surface area contributed by atoms with Crippen LogP contribution in [-0.4, -0.2) is 42.2 Å². The molecule has 0 unspecified atom stereocenters. The molecule has 6 nitrogen and oxygen atoms in total. The summed E-state index contributed by atoms with van der Waals surface area (Å²) in [5.41, 5.74) is 2.52. The van der Waals surface area contributed by atoms with Gasteiger partial charge in [-0.05, 0) is 25.0 Å². The van der Waals surface area contributed by atoms with Crippen LogP contribution in [0.3, 0.4) is 0 Å². The quantitative estimate of drug-likeness (QED) is 0.933. The maximum atomic E-state index is 12.4. The van der Waals surface area contributed by atoms with E-state index in [1.807, 2.05) is 17.5 Å². The summed E-state index contributed by atoms with van der Waals surface area (Å²) < 4.78 is 5.36. The molecule has 1 aliphatic carbocycles. The normalized spacial score (nSPS) is 18.0. The summed E-state index contributed by atoms with van der Waals surface area (Å²) in [6.45, 7) is 3.10. The molecule has 7 heteroatoms. The van der Waals surface area contributed by atoms with E-state index < -0.39 is 0 Å². The number of ether oxygens (including phenoxy) is 1. The number of morpholine rings is 1. The number of nitrogens with zero attached hydrogens (tertiary/aromatic N) is 3. The van der Waals surface area contributed by atoms with Crippen molar-refractivity contribution in [2.75, 3.05) is 36.5 Å². The molecule has 4 rings (SSSR count). The lowest BCUT2D eigenvalue weighted by atomic mass is 10.2. The third-order valence-corrected chi connectivity index (χ3v) is 4.87. The van der Waals surface area contributed by atoms with Crippen LogP contribution < -0.4 is 10.2 Å². The van der Waals surface area contributed by atoms with Crippen LogP contribution in [-0.2, 0) is 4.74 Å². The zero-order valence-corrected chi connectivity index (χ0v) is 13.5. The molecular weight excluding hydrogens is 312 g/mol. The van der Waals surface area contributed by atoms with Crippen molar-refractivity contribution in [1.82, 2.24) is 9.97 Å². The van der Waals surface area contributed by atoms with Crippen LogP contribution in [0.5, 0.6) is 0 Å². The molecule has 0 radical (unpaired) electrons. The topological polar surface area (TPSA) is 67.4 Å². The number of amides is 1. The second kappa shape index (κ2) is 6.25. The average Bonchev–Trinajstić information content (AvgIpc) is 3.36. The van der Waals surface area contributed by atoms with Gasteiger partial charge in [-0.15, -0.1) is 11.3 Å². The van der Waals surface area contributed by atoms with Crippen LogP contribution in [0, 0.1) is 0 Å². The minimum Gasteiger partial charge on any atom is -0.378 e. The van der Waals surface area contributed by atoms with Crippen LogP contribution in [0.25, 0.3) is 0 Å². The maximum absolute atomic E-state index is 12.4. The van der Waals surface area contributed by atoms with Crippen molar-refractivity contribution in [1.29, 1.82) is 0 Å². The molecule has 3 heterocycles. The Morgan fingerprint density at radius 1 is 1.35 bits per heavy atom. The Hall–Kier alpha value is -1.99. The molecule has 23 heavy (non-hydrogen) atoms. The maximum Gasteiger partial charge on any atom is 0.276 e. The summed E-state index contributed by atoms with van der Waals surface area (Å²) in [6, 6.07) is 3.76. The number of carbonyl (C=O) groups is 1. The predicted octanol–water partition coefficient (Wildman–Crippen LogP) is 2.50. The van der Waals surface area contributed by atoms with Crippen molar-refractivity contribution in [2.45, 2.75) is 18.8 Å². The third kappa shape index (κ3) is 3.35. The number of rotatable bonds is 4. The second-order valence-electron chi connectivity index (χ2n) is 5.80. The Kier molecular flexibility index (Phi) is 3.97. The third-order valence-electron chi connectivity index (χ3n) is 4.09. The summed E-state index contributed by atoms with van der Waals surface area (Å²) in [5.74, 6) is 0.386. The van der Waals surface area contributed by atoms with E-state index in [4.69, 9.17) is 4.74 Å². The lowest BCUT2D eigenvalue weighted by Gasteiger charge is -2.28. The molecule has 1 N–H and O–H groups in total. The number of hydrogen-bond donors (Lipinski definition) is 1. The highest BCUT2D eigenvalue weighted by Crippen LogP contribution is 2.40. The summed E-state index contributed by atoms with van der Waals surface area (Å²) >= 11 is 1.48. The molecule has 0 spiro atoms. The first-order valence-electron chi connectivity index (χ1n) is 7.85. The van der Waals surface area contributed by atoms with E-state index in [0.29, 0.717) is 30.0 Å². The van der Waals surface area contributed by atoms with Crippen LogP contribution in [0.1, 0.15) is 34.9 Å². The number of pyridine rings is 1. The summed E-state index contributed by atoms with van der Waals surface area (Å²) in [7, 11) is 0. The fraction of sp³-hybridized carbons (Fsp3) is 0.438. The summed E-state index contributed by atoms with van der Waals surface area (Å²) in [5, 5.41) is 5.54. The van der Waals surface area contributed by atoms with E-state index in [1.54, 1.807) is 6.20 Å². The highest BCUT2D eigenvalue weighted by atomic mass is 32.1. The Labute approximate surface area is 138 Å². The molecule has 2 aliphatic rings. The van der Waals surface area contributed by atoms with Gasteiger partial charge in [-0.2, -0.15) is 0 Å². The van der Waals surface area contributed by atoms with Crippen LogP contribution in [0.15, 0.2) is 23.7 Å². The van der Waals surface area contributed by atoms with Gasteiger partial charge < -0.3 is 9.64 Å². The Balaban J connectivity index is 1.46. The van der Waals surface area contributed by atoms with E-state index in [9.17, 15) is 4.79 Å². The van der Waals surface area contributed by atoms with Gasteiger partial charge in [-0.1, -0.05) is 0 Å². The minimum absolute atomic E-state index is 0.211. The zero-order valence-electron chi connectivity index (χ0n) is 12.7.